The van der Waals surface area contributed by atoms with Crippen molar-refractivity contribution in [3.05, 3.63) is 65.7 Å². The van der Waals surface area contributed by atoms with Crippen LogP contribution in [0.15, 0.2) is 48.5 Å². The molecule has 0 aliphatic heterocycles. The maximum atomic E-state index is 13.2. The first-order chi connectivity index (χ1) is 11.5. The minimum Gasteiger partial charge on any atom is -0.348 e. The second-order valence-electron chi connectivity index (χ2n) is 5.14. The molecule has 2 rings (SSSR count). The molecule has 1 atom stereocenters. The summed E-state index contributed by atoms with van der Waals surface area (Å²) in [6.45, 7) is 1.39. The predicted octanol–water partition coefficient (Wildman–Crippen LogP) is 2.96. The van der Waals surface area contributed by atoms with Gasteiger partial charge in [0.15, 0.2) is 11.6 Å². The topological polar surface area (TPSA) is 70.2 Å². The molecular weight excluding hydrogens is 316 g/mol. The van der Waals surface area contributed by atoms with Gasteiger partial charge in [-0.1, -0.05) is 24.3 Å². The quantitative estimate of drug-likeness (QED) is 0.787. The Morgan fingerprint density at radius 1 is 1.04 bits per heavy atom. The smallest absolute Gasteiger partial charge is 0.319 e. The second kappa shape index (κ2) is 8.05. The summed E-state index contributed by atoms with van der Waals surface area (Å²) in [5.41, 5.74) is 1.03. The second-order valence-corrected chi connectivity index (χ2v) is 5.14. The van der Waals surface area contributed by atoms with Crippen molar-refractivity contribution >= 4 is 17.6 Å². The van der Waals surface area contributed by atoms with Gasteiger partial charge in [0.05, 0.1) is 12.6 Å². The Morgan fingerprint density at radius 3 is 2.42 bits per heavy atom. The van der Waals surface area contributed by atoms with Crippen molar-refractivity contribution < 1.29 is 18.4 Å². The number of benzene rings is 2. The highest BCUT2D eigenvalue weighted by Gasteiger charge is 2.12. The molecule has 7 heteroatoms. The maximum absolute atomic E-state index is 13.2. The van der Waals surface area contributed by atoms with Crippen LogP contribution in [0.25, 0.3) is 0 Å². The molecule has 0 aliphatic carbocycles. The number of nitrogens with one attached hydrogen (secondary N) is 3. The summed E-state index contributed by atoms with van der Waals surface area (Å²) in [6.07, 6.45) is 0. The van der Waals surface area contributed by atoms with Crippen LogP contribution >= 0.6 is 0 Å². The van der Waals surface area contributed by atoms with Gasteiger partial charge in [-0.15, -0.1) is 0 Å². The third-order valence-corrected chi connectivity index (χ3v) is 3.26. The summed E-state index contributed by atoms with van der Waals surface area (Å²) >= 11 is 0. The van der Waals surface area contributed by atoms with Crippen molar-refractivity contribution in [2.24, 2.45) is 0 Å². The van der Waals surface area contributed by atoms with Gasteiger partial charge in [0.25, 0.3) is 0 Å². The molecule has 5 nitrogen and oxygen atoms in total. The molecule has 0 heterocycles. The Morgan fingerprint density at radius 2 is 1.75 bits per heavy atom. The van der Waals surface area contributed by atoms with Gasteiger partial charge in [-0.2, -0.15) is 0 Å². The van der Waals surface area contributed by atoms with Crippen LogP contribution in [-0.4, -0.2) is 18.5 Å². The van der Waals surface area contributed by atoms with Crippen molar-refractivity contribution in [1.29, 1.82) is 0 Å². The van der Waals surface area contributed by atoms with Crippen LogP contribution in [-0.2, 0) is 4.79 Å². The molecule has 1 unspecified atom stereocenters. The Bertz CT molecular complexity index is 723. The minimum absolute atomic E-state index is 0.243. The molecule has 0 saturated carbocycles. The molecule has 126 valence electrons. The fourth-order valence-electron chi connectivity index (χ4n) is 2.01. The minimum atomic E-state index is -0.978. The lowest BCUT2D eigenvalue weighted by molar-refractivity contribution is -0.120. The molecule has 0 bridgehead atoms. The largest absolute Gasteiger partial charge is 0.348 e. The number of amides is 3. The van der Waals surface area contributed by atoms with E-state index in [1.165, 1.54) is 6.07 Å². The van der Waals surface area contributed by atoms with E-state index < -0.39 is 29.6 Å². The standard InChI is InChI=1S/C17H17F2N3O2/c1-11(12-7-8-14(18)15(19)9-12)21-16(23)10-20-17(24)22-13-5-3-2-4-6-13/h2-9,11H,10H2,1H3,(H,21,23)(H2,20,22,24). The maximum Gasteiger partial charge on any atom is 0.319 e. The average Bonchev–Trinajstić information content (AvgIpc) is 2.56. The van der Waals surface area contributed by atoms with Gasteiger partial charge >= 0.3 is 6.03 Å². The van der Waals surface area contributed by atoms with Crippen molar-refractivity contribution in [3.63, 3.8) is 0 Å². The van der Waals surface area contributed by atoms with Crippen molar-refractivity contribution in [2.75, 3.05) is 11.9 Å². The van der Waals surface area contributed by atoms with Gasteiger partial charge in [-0.05, 0) is 36.8 Å². The van der Waals surface area contributed by atoms with E-state index in [1.54, 1.807) is 31.2 Å². The molecule has 3 N–H and O–H groups in total. The lowest BCUT2D eigenvalue weighted by Crippen LogP contribution is -2.39. The molecule has 0 saturated heterocycles. The zero-order valence-corrected chi connectivity index (χ0v) is 13.0. The molecule has 3 amide bonds. The molecule has 0 aromatic heterocycles. The molecule has 2 aromatic rings. The number of halogens is 2. The van der Waals surface area contributed by atoms with Gasteiger partial charge in [0.2, 0.25) is 5.91 Å². The summed E-state index contributed by atoms with van der Waals surface area (Å²) in [5, 5.41) is 7.58. The van der Waals surface area contributed by atoms with Crippen LogP contribution in [0.3, 0.4) is 0 Å². The van der Waals surface area contributed by atoms with Crippen LogP contribution in [0.2, 0.25) is 0 Å². The molecular formula is C17H17F2N3O2. The third-order valence-electron chi connectivity index (χ3n) is 3.26. The van der Waals surface area contributed by atoms with Gasteiger partial charge in [0, 0.05) is 5.69 Å². The molecule has 24 heavy (non-hydrogen) atoms. The lowest BCUT2D eigenvalue weighted by atomic mass is 10.1. The van der Waals surface area contributed by atoms with E-state index in [0.29, 0.717) is 11.3 Å². The monoisotopic (exact) mass is 333 g/mol. The molecule has 0 aliphatic rings. The van der Waals surface area contributed by atoms with E-state index in [4.69, 9.17) is 0 Å². The van der Waals surface area contributed by atoms with Crippen LogP contribution in [0, 0.1) is 11.6 Å². The van der Waals surface area contributed by atoms with Gasteiger partial charge in [-0.25, -0.2) is 13.6 Å². The SMILES string of the molecule is CC(NC(=O)CNC(=O)Nc1ccccc1)c1ccc(F)c(F)c1. The normalized spacial score (nSPS) is 11.5. The van der Waals surface area contributed by atoms with E-state index in [0.717, 1.165) is 12.1 Å². The molecule has 0 spiro atoms. The van der Waals surface area contributed by atoms with Crippen LogP contribution in [0.1, 0.15) is 18.5 Å². The first-order valence-electron chi connectivity index (χ1n) is 7.30. The van der Waals surface area contributed by atoms with Crippen LogP contribution in [0.4, 0.5) is 19.3 Å². The fraction of sp³-hybridized carbons (Fsp3) is 0.176. The zero-order chi connectivity index (χ0) is 17.5. The molecule has 2 aromatic carbocycles. The molecule has 0 fully saturated rings. The van der Waals surface area contributed by atoms with E-state index in [1.807, 2.05) is 6.07 Å². The number of anilines is 1. The Hall–Kier alpha value is -2.96. The van der Waals surface area contributed by atoms with Gasteiger partial charge in [-0.3, -0.25) is 4.79 Å². The summed E-state index contributed by atoms with van der Waals surface area (Å²) in [6, 6.07) is 11.2. The Labute approximate surface area is 138 Å². The number of hydrogen-bond acceptors (Lipinski definition) is 2. The van der Waals surface area contributed by atoms with Crippen molar-refractivity contribution in [1.82, 2.24) is 10.6 Å². The number of para-hydroxylation sites is 1. The number of hydrogen-bond donors (Lipinski definition) is 3. The number of carbonyl (C=O) groups excluding carboxylic acids is 2. The first-order valence-corrected chi connectivity index (χ1v) is 7.30. The third kappa shape index (κ3) is 5.05. The van der Waals surface area contributed by atoms with E-state index in [-0.39, 0.29) is 6.54 Å². The summed E-state index contributed by atoms with van der Waals surface area (Å²) < 4.78 is 26.1. The van der Waals surface area contributed by atoms with Gasteiger partial charge in [0.1, 0.15) is 0 Å². The number of urea groups is 1. The lowest BCUT2D eigenvalue weighted by Gasteiger charge is -2.15. The molecule has 0 radical (unpaired) electrons. The summed E-state index contributed by atoms with van der Waals surface area (Å²) in [5.74, 6) is -2.37. The van der Waals surface area contributed by atoms with E-state index in [9.17, 15) is 18.4 Å². The Balaban J connectivity index is 1.80. The van der Waals surface area contributed by atoms with Crippen LogP contribution in [0.5, 0.6) is 0 Å². The van der Waals surface area contributed by atoms with E-state index >= 15 is 0 Å². The summed E-state index contributed by atoms with van der Waals surface area (Å²) in [4.78, 5) is 23.5. The Kier molecular flexibility index (Phi) is 5.83. The highest BCUT2D eigenvalue weighted by molar-refractivity contribution is 5.92. The average molecular weight is 333 g/mol. The number of rotatable bonds is 5. The van der Waals surface area contributed by atoms with E-state index in [2.05, 4.69) is 16.0 Å². The highest BCUT2D eigenvalue weighted by Crippen LogP contribution is 2.15. The van der Waals surface area contributed by atoms with Crippen molar-refractivity contribution in [3.8, 4) is 0 Å². The van der Waals surface area contributed by atoms with Crippen LogP contribution < -0.4 is 16.0 Å². The van der Waals surface area contributed by atoms with Gasteiger partial charge < -0.3 is 16.0 Å². The summed E-state index contributed by atoms with van der Waals surface area (Å²) in [7, 11) is 0. The first kappa shape index (κ1) is 17.4. The number of carbonyl (C=O) groups is 2. The highest BCUT2D eigenvalue weighted by atomic mass is 19.2. The fourth-order valence-corrected chi connectivity index (χ4v) is 2.01. The van der Waals surface area contributed by atoms with Crippen molar-refractivity contribution in [2.45, 2.75) is 13.0 Å². The predicted molar refractivity (Wildman–Crippen MR) is 86.4 cm³/mol. The zero-order valence-electron chi connectivity index (χ0n) is 13.0.